The minimum atomic E-state index is 0. The fraction of sp³-hybridized carbons (Fsp3) is 0.250. The minimum absolute atomic E-state index is 0. The van der Waals surface area contributed by atoms with Crippen molar-refractivity contribution in [1.29, 1.82) is 0 Å². The second-order valence-corrected chi connectivity index (χ2v) is 7.29. The van der Waals surface area contributed by atoms with E-state index in [0.717, 1.165) is 38.4 Å². The number of para-hydroxylation sites is 1. The van der Waals surface area contributed by atoms with Gasteiger partial charge in [-0.25, -0.2) is 0 Å². The molecule has 0 aliphatic rings. The van der Waals surface area contributed by atoms with Gasteiger partial charge < -0.3 is 15.6 Å². The Morgan fingerprint density at radius 1 is 1.00 bits per heavy atom. The molecular weight excluding hydrogens is 499 g/mol. The number of aromatic amines is 1. The highest BCUT2D eigenvalue weighted by Gasteiger charge is 2.06. The van der Waals surface area contributed by atoms with Crippen LogP contribution >= 0.6 is 24.0 Å². The zero-order valence-electron chi connectivity index (χ0n) is 17.7. The first kappa shape index (κ1) is 22.9. The number of aryl methyl sites for hydroxylation is 1. The molecule has 0 aliphatic heterocycles. The number of aromatic nitrogens is 3. The molecule has 7 heteroatoms. The average Bonchev–Trinajstić information content (AvgIpc) is 3.44. The molecular formula is C24H29IN6. The van der Waals surface area contributed by atoms with Crippen molar-refractivity contribution < 1.29 is 0 Å². The fourth-order valence-electron chi connectivity index (χ4n) is 3.68. The molecule has 31 heavy (non-hydrogen) atoms. The number of rotatable bonds is 8. The van der Waals surface area contributed by atoms with E-state index in [1.165, 1.54) is 27.6 Å². The largest absolute Gasteiger partial charge is 0.361 e. The summed E-state index contributed by atoms with van der Waals surface area (Å²) in [5.41, 5.74) is 5.06. The van der Waals surface area contributed by atoms with E-state index in [1.54, 1.807) is 0 Å². The molecule has 0 bridgehead atoms. The molecule has 0 aliphatic carbocycles. The number of halogens is 1. The molecule has 0 unspecified atom stereocenters. The number of aliphatic imine (C=N–C) groups is 1. The number of benzene rings is 2. The Labute approximate surface area is 200 Å². The molecule has 0 radical (unpaired) electrons. The summed E-state index contributed by atoms with van der Waals surface area (Å²) in [5, 5.41) is 12.5. The van der Waals surface area contributed by atoms with Gasteiger partial charge in [0, 0.05) is 49.6 Å². The van der Waals surface area contributed by atoms with Gasteiger partial charge in [0.2, 0.25) is 0 Å². The molecule has 6 nitrogen and oxygen atoms in total. The summed E-state index contributed by atoms with van der Waals surface area (Å²) >= 11 is 0. The maximum absolute atomic E-state index is 4.36. The highest BCUT2D eigenvalue weighted by atomic mass is 127. The van der Waals surface area contributed by atoms with Crippen LogP contribution < -0.4 is 10.6 Å². The molecule has 3 N–H and O–H groups in total. The Morgan fingerprint density at radius 2 is 1.81 bits per heavy atom. The van der Waals surface area contributed by atoms with Gasteiger partial charge in [-0.2, -0.15) is 5.10 Å². The average molecular weight is 528 g/mol. The first-order valence-electron chi connectivity index (χ1n) is 10.4. The molecule has 0 fully saturated rings. The Morgan fingerprint density at radius 3 is 2.61 bits per heavy atom. The molecule has 4 rings (SSSR count). The maximum Gasteiger partial charge on any atom is 0.191 e. The summed E-state index contributed by atoms with van der Waals surface area (Å²) in [6.07, 6.45) is 7.98. The van der Waals surface area contributed by atoms with Crippen LogP contribution in [0.5, 0.6) is 0 Å². The minimum Gasteiger partial charge on any atom is -0.361 e. The quantitative estimate of drug-likeness (QED) is 0.138. The molecule has 0 atom stereocenters. The van der Waals surface area contributed by atoms with Gasteiger partial charge in [-0.3, -0.25) is 9.67 Å². The summed E-state index contributed by atoms with van der Waals surface area (Å²) in [4.78, 5) is 7.71. The van der Waals surface area contributed by atoms with Gasteiger partial charge >= 0.3 is 0 Å². The van der Waals surface area contributed by atoms with E-state index in [4.69, 9.17) is 0 Å². The van der Waals surface area contributed by atoms with Gasteiger partial charge in [-0.05, 0) is 41.7 Å². The highest BCUT2D eigenvalue weighted by molar-refractivity contribution is 14.0. The first-order valence-corrected chi connectivity index (χ1v) is 10.4. The molecule has 2 aromatic carbocycles. The van der Waals surface area contributed by atoms with Crippen molar-refractivity contribution in [3.63, 3.8) is 0 Å². The van der Waals surface area contributed by atoms with Crippen LogP contribution in [-0.2, 0) is 19.5 Å². The second kappa shape index (κ2) is 11.5. The summed E-state index contributed by atoms with van der Waals surface area (Å²) in [7, 11) is 1.81. The third kappa shape index (κ3) is 6.10. The Kier molecular flexibility index (Phi) is 8.52. The monoisotopic (exact) mass is 528 g/mol. The third-order valence-electron chi connectivity index (χ3n) is 5.27. The van der Waals surface area contributed by atoms with E-state index in [0.29, 0.717) is 0 Å². The molecule has 0 spiro atoms. The van der Waals surface area contributed by atoms with Gasteiger partial charge in [0.25, 0.3) is 0 Å². The molecule has 2 aromatic heterocycles. The van der Waals surface area contributed by atoms with Crippen molar-refractivity contribution in [3.05, 3.63) is 89.9 Å². The summed E-state index contributed by atoms with van der Waals surface area (Å²) in [6.45, 7) is 2.36. The predicted octanol–water partition coefficient (Wildman–Crippen LogP) is 4.33. The van der Waals surface area contributed by atoms with Gasteiger partial charge in [0.15, 0.2) is 5.96 Å². The molecule has 0 saturated heterocycles. The Hall–Kier alpha value is -2.81. The third-order valence-corrected chi connectivity index (χ3v) is 5.27. The molecule has 0 amide bonds. The summed E-state index contributed by atoms with van der Waals surface area (Å²) in [5.74, 6) is 0.822. The normalized spacial score (nSPS) is 11.3. The molecule has 0 saturated carbocycles. The predicted molar refractivity (Wildman–Crippen MR) is 138 cm³/mol. The molecule has 162 valence electrons. The smallest absolute Gasteiger partial charge is 0.191 e. The van der Waals surface area contributed by atoms with Crippen molar-refractivity contribution in [2.75, 3.05) is 13.6 Å². The zero-order chi connectivity index (χ0) is 20.6. The fourth-order valence-corrected chi connectivity index (χ4v) is 3.68. The van der Waals surface area contributed by atoms with Gasteiger partial charge in [-0.1, -0.05) is 42.5 Å². The van der Waals surface area contributed by atoms with Crippen LogP contribution in [0.3, 0.4) is 0 Å². The standard InChI is InChI=1S/C24H28N6.HI/c1-25-24(26-13-6-10-20-17-27-23-12-5-4-11-22(20)23)28-16-19-8-2-3-9-21(19)18-30-15-7-14-29-30;/h2-5,7-9,11-12,14-15,17,27H,6,10,13,16,18H2,1H3,(H2,25,26,28);1H. The van der Waals surface area contributed by atoms with Crippen molar-refractivity contribution in [2.24, 2.45) is 4.99 Å². The Bertz CT molecular complexity index is 1100. The van der Waals surface area contributed by atoms with Crippen LogP contribution in [0.2, 0.25) is 0 Å². The maximum atomic E-state index is 4.36. The number of hydrogen-bond donors (Lipinski definition) is 3. The lowest BCUT2D eigenvalue weighted by Gasteiger charge is -2.14. The number of nitrogens with zero attached hydrogens (tertiary/aromatic N) is 3. The van der Waals surface area contributed by atoms with E-state index < -0.39 is 0 Å². The van der Waals surface area contributed by atoms with E-state index in [-0.39, 0.29) is 24.0 Å². The number of hydrogen-bond acceptors (Lipinski definition) is 2. The zero-order valence-corrected chi connectivity index (χ0v) is 20.0. The topological polar surface area (TPSA) is 70.0 Å². The number of guanidine groups is 1. The lowest BCUT2D eigenvalue weighted by atomic mass is 10.1. The van der Waals surface area contributed by atoms with E-state index in [1.807, 2.05) is 30.2 Å². The summed E-state index contributed by atoms with van der Waals surface area (Å²) in [6, 6.07) is 18.8. The van der Waals surface area contributed by atoms with Crippen molar-refractivity contribution in [3.8, 4) is 0 Å². The number of nitrogens with one attached hydrogen (secondary N) is 3. The van der Waals surface area contributed by atoms with Crippen molar-refractivity contribution in [1.82, 2.24) is 25.4 Å². The van der Waals surface area contributed by atoms with Crippen LogP contribution in [0.25, 0.3) is 10.9 Å². The second-order valence-electron chi connectivity index (χ2n) is 7.29. The van der Waals surface area contributed by atoms with E-state index >= 15 is 0 Å². The van der Waals surface area contributed by atoms with Gasteiger partial charge in [0.05, 0.1) is 6.54 Å². The lowest BCUT2D eigenvalue weighted by Crippen LogP contribution is -2.37. The van der Waals surface area contributed by atoms with Crippen LogP contribution in [-0.4, -0.2) is 34.3 Å². The van der Waals surface area contributed by atoms with Crippen LogP contribution in [0.4, 0.5) is 0 Å². The van der Waals surface area contributed by atoms with E-state index in [2.05, 4.69) is 80.4 Å². The van der Waals surface area contributed by atoms with Crippen LogP contribution in [0.15, 0.2) is 78.2 Å². The molecule has 4 aromatic rings. The van der Waals surface area contributed by atoms with Crippen LogP contribution in [0, 0.1) is 0 Å². The van der Waals surface area contributed by atoms with Gasteiger partial charge in [-0.15, -0.1) is 24.0 Å². The SMILES string of the molecule is CN=C(NCCCc1c[nH]c2ccccc12)NCc1ccccc1Cn1cccn1.I. The molecule has 2 heterocycles. The van der Waals surface area contributed by atoms with Crippen molar-refractivity contribution in [2.45, 2.75) is 25.9 Å². The van der Waals surface area contributed by atoms with Crippen molar-refractivity contribution >= 4 is 40.8 Å². The number of fused-ring (bicyclic) bond motifs is 1. The first-order chi connectivity index (χ1) is 14.8. The highest BCUT2D eigenvalue weighted by Crippen LogP contribution is 2.18. The number of H-pyrrole nitrogens is 1. The lowest BCUT2D eigenvalue weighted by molar-refractivity contribution is 0.677. The van der Waals surface area contributed by atoms with Gasteiger partial charge in [0.1, 0.15) is 0 Å². The summed E-state index contributed by atoms with van der Waals surface area (Å²) < 4.78 is 1.94. The van der Waals surface area contributed by atoms with E-state index in [9.17, 15) is 0 Å². The Balaban J connectivity index is 0.00000272. The van der Waals surface area contributed by atoms with Crippen LogP contribution in [0.1, 0.15) is 23.1 Å².